The number of hydrogen-bond donors (Lipinski definition) is 1. The fraction of sp³-hybridized carbons (Fsp3) is 0.286. The van der Waals surface area contributed by atoms with Crippen molar-refractivity contribution in [1.29, 1.82) is 0 Å². The van der Waals surface area contributed by atoms with Crippen molar-refractivity contribution < 1.29 is 9.53 Å². The molecule has 43 heavy (non-hydrogen) atoms. The van der Waals surface area contributed by atoms with Crippen LogP contribution in [0.2, 0.25) is 0 Å². The summed E-state index contributed by atoms with van der Waals surface area (Å²) in [4.78, 5) is 37.9. The second kappa shape index (κ2) is 12.6. The molecule has 0 spiro atoms. The van der Waals surface area contributed by atoms with E-state index in [9.17, 15) is 9.59 Å². The molecule has 1 amide bonds. The summed E-state index contributed by atoms with van der Waals surface area (Å²) in [6, 6.07) is 28.0. The van der Waals surface area contributed by atoms with Gasteiger partial charge in [-0.1, -0.05) is 67.6 Å². The minimum atomic E-state index is -0.600. The summed E-state index contributed by atoms with van der Waals surface area (Å²) in [5, 5.41) is 0.714. The lowest BCUT2D eigenvalue weighted by molar-refractivity contribution is 0.0589. The van der Waals surface area contributed by atoms with Gasteiger partial charge in [0.25, 0.3) is 0 Å². The first-order valence-electron chi connectivity index (χ1n) is 14.6. The molecule has 222 valence electrons. The minimum absolute atomic E-state index is 0.271. The average Bonchev–Trinajstić information content (AvgIpc) is 3.21. The highest BCUT2D eigenvalue weighted by Crippen LogP contribution is 2.24. The molecule has 2 heterocycles. The maximum atomic E-state index is 13.5. The van der Waals surface area contributed by atoms with E-state index in [1.165, 1.54) is 21.6 Å². The van der Waals surface area contributed by atoms with Gasteiger partial charge in [-0.05, 0) is 68.2 Å². The fourth-order valence-electron chi connectivity index (χ4n) is 5.09. The van der Waals surface area contributed by atoms with Crippen molar-refractivity contribution in [3.63, 3.8) is 0 Å². The van der Waals surface area contributed by atoms with Crippen molar-refractivity contribution in [2.75, 3.05) is 11.9 Å². The molecule has 1 aliphatic rings. The number of ether oxygens (including phenoxy) is 1. The number of imidazole rings is 1. The molecular weight excluding hydrogens is 538 g/mol. The molecule has 3 aromatic carbocycles. The van der Waals surface area contributed by atoms with E-state index in [2.05, 4.69) is 41.1 Å². The molecule has 1 aliphatic heterocycles. The van der Waals surface area contributed by atoms with Crippen LogP contribution in [-0.4, -0.2) is 33.2 Å². The Labute approximate surface area is 252 Å². The topological polar surface area (TPSA) is 82.9 Å². The van der Waals surface area contributed by atoms with Gasteiger partial charge >= 0.3 is 11.8 Å². The van der Waals surface area contributed by atoms with Gasteiger partial charge in [0.15, 0.2) is 5.49 Å². The number of fused-ring (bicyclic) bond motifs is 1. The minimum Gasteiger partial charge on any atom is -0.443 e. The molecule has 0 atom stereocenters. The highest BCUT2D eigenvalue weighted by molar-refractivity contribution is 5.87. The van der Waals surface area contributed by atoms with Crippen LogP contribution in [0.5, 0.6) is 0 Å². The van der Waals surface area contributed by atoms with Gasteiger partial charge in [-0.3, -0.25) is 4.90 Å². The van der Waals surface area contributed by atoms with Crippen LogP contribution in [0, 0.1) is 0 Å². The lowest BCUT2D eigenvalue weighted by Crippen LogP contribution is -2.37. The number of rotatable bonds is 8. The lowest BCUT2D eigenvalue weighted by Gasteiger charge is -2.28. The zero-order valence-electron chi connectivity index (χ0n) is 25.5. The SMILES string of the molecule is CCC1=CN=c2c([nH]c(=O)n2-c2ccc(N(C)C(=O)OC(C)(C)C)cc2)=C(N(Cc2ccccc2)Cc2ccccc2)C1. The molecule has 5 rings (SSSR count). The van der Waals surface area contributed by atoms with Gasteiger partial charge in [0.1, 0.15) is 11.0 Å². The molecular formula is C35H39N5O3. The van der Waals surface area contributed by atoms with Crippen molar-refractivity contribution in [3.05, 3.63) is 129 Å². The molecule has 0 saturated carbocycles. The molecule has 0 saturated heterocycles. The number of aromatic amines is 1. The van der Waals surface area contributed by atoms with Crippen LogP contribution in [0.4, 0.5) is 10.5 Å². The molecule has 0 fully saturated rings. The predicted molar refractivity (Wildman–Crippen MR) is 170 cm³/mol. The van der Waals surface area contributed by atoms with Gasteiger partial charge in [0, 0.05) is 44.1 Å². The number of amides is 1. The van der Waals surface area contributed by atoms with E-state index in [1.807, 2.05) is 75.5 Å². The number of H-pyrrole nitrogens is 1. The number of carbonyl (C=O) groups is 1. The smallest absolute Gasteiger partial charge is 0.414 e. The Morgan fingerprint density at radius 3 is 2.05 bits per heavy atom. The van der Waals surface area contributed by atoms with Crippen LogP contribution >= 0.6 is 0 Å². The summed E-state index contributed by atoms with van der Waals surface area (Å²) >= 11 is 0. The van der Waals surface area contributed by atoms with Gasteiger partial charge in [-0.25, -0.2) is 19.1 Å². The maximum Gasteiger partial charge on any atom is 0.414 e. The van der Waals surface area contributed by atoms with Gasteiger partial charge in [0.2, 0.25) is 0 Å². The largest absolute Gasteiger partial charge is 0.443 e. The van der Waals surface area contributed by atoms with Crippen LogP contribution < -0.4 is 21.4 Å². The average molecular weight is 578 g/mol. The Kier molecular flexibility index (Phi) is 8.66. The molecule has 0 aliphatic carbocycles. The van der Waals surface area contributed by atoms with Crippen molar-refractivity contribution in [2.24, 2.45) is 4.99 Å². The molecule has 1 aromatic heterocycles. The highest BCUT2D eigenvalue weighted by atomic mass is 16.6. The van der Waals surface area contributed by atoms with Gasteiger partial charge in [0.05, 0.1) is 5.69 Å². The summed E-state index contributed by atoms with van der Waals surface area (Å²) in [6.45, 7) is 8.99. The molecule has 1 N–H and O–H groups in total. The normalized spacial score (nSPS) is 13.0. The van der Waals surface area contributed by atoms with E-state index < -0.39 is 11.7 Å². The Bertz CT molecular complexity index is 1740. The molecule has 0 radical (unpaired) electrons. The van der Waals surface area contributed by atoms with E-state index in [-0.39, 0.29) is 5.69 Å². The third-order valence-corrected chi connectivity index (χ3v) is 7.35. The molecule has 8 heteroatoms. The Balaban J connectivity index is 1.60. The van der Waals surface area contributed by atoms with E-state index in [4.69, 9.17) is 9.73 Å². The van der Waals surface area contributed by atoms with Gasteiger partial charge in [-0.15, -0.1) is 0 Å². The molecule has 4 aromatic rings. The van der Waals surface area contributed by atoms with Gasteiger partial charge in [-0.2, -0.15) is 0 Å². The maximum absolute atomic E-state index is 13.5. The van der Waals surface area contributed by atoms with Crippen LogP contribution in [0.25, 0.3) is 11.4 Å². The fourth-order valence-corrected chi connectivity index (χ4v) is 5.09. The first kappa shape index (κ1) is 29.6. The standard InChI is InChI=1S/C35H39N5O3/c1-6-25-21-30(39(23-26-13-9-7-10-14-26)24-27-15-11-8-12-16-27)31-32(36-22-25)40(33(41)37-31)29-19-17-28(18-20-29)38(5)34(42)43-35(2,3)4/h7-20,22H,6,21,23-24H2,1-5H3,(H,37,41). The molecule has 0 unspecified atom stereocenters. The van der Waals surface area contributed by atoms with Crippen molar-refractivity contribution in [2.45, 2.75) is 59.2 Å². The number of nitrogens with one attached hydrogen (secondary N) is 1. The Hall–Kier alpha value is -4.85. The van der Waals surface area contributed by atoms with Crippen molar-refractivity contribution in [1.82, 2.24) is 14.5 Å². The van der Waals surface area contributed by atoms with Crippen LogP contribution in [-0.2, 0) is 17.8 Å². The van der Waals surface area contributed by atoms with Crippen LogP contribution in [0.3, 0.4) is 0 Å². The van der Waals surface area contributed by atoms with Crippen molar-refractivity contribution >= 4 is 17.5 Å². The molecule has 8 nitrogen and oxygen atoms in total. The summed E-state index contributed by atoms with van der Waals surface area (Å²) in [7, 11) is 1.67. The number of benzene rings is 3. The van der Waals surface area contributed by atoms with Crippen LogP contribution in [0.1, 0.15) is 51.7 Å². The number of hydrogen-bond acceptors (Lipinski definition) is 5. The monoisotopic (exact) mass is 577 g/mol. The third-order valence-electron chi connectivity index (χ3n) is 7.35. The third kappa shape index (κ3) is 6.97. The highest BCUT2D eigenvalue weighted by Gasteiger charge is 2.22. The van der Waals surface area contributed by atoms with E-state index >= 15 is 0 Å². The summed E-state index contributed by atoms with van der Waals surface area (Å²) < 4.78 is 7.10. The number of nitrogens with zero attached hydrogens (tertiary/aromatic N) is 4. The second-order valence-electron chi connectivity index (χ2n) is 11.7. The Morgan fingerprint density at radius 2 is 1.51 bits per heavy atom. The van der Waals surface area contributed by atoms with E-state index in [0.717, 1.165) is 12.1 Å². The number of anilines is 1. The zero-order valence-corrected chi connectivity index (χ0v) is 25.5. The van der Waals surface area contributed by atoms with E-state index in [0.29, 0.717) is 41.7 Å². The quantitative estimate of drug-likeness (QED) is 0.293. The first-order chi connectivity index (χ1) is 20.6. The summed E-state index contributed by atoms with van der Waals surface area (Å²) in [5.41, 5.74) is 5.56. The van der Waals surface area contributed by atoms with Crippen LogP contribution in [0.15, 0.2) is 106 Å². The summed E-state index contributed by atoms with van der Waals surface area (Å²) in [5.74, 6) is 0. The van der Waals surface area contributed by atoms with Crippen molar-refractivity contribution in [3.8, 4) is 5.69 Å². The van der Waals surface area contributed by atoms with E-state index in [1.54, 1.807) is 23.7 Å². The molecule has 0 bridgehead atoms. The second-order valence-corrected chi connectivity index (χ2v) is 11.7. The summed E-state index contributed by atoms with van der Waals surface area (Å²) in [6.07, 6.45) is 2.96. The lowest BCUT2D eigenvalue weighted by atomic mass is 10.1. The zero-order chi connectivity index (χ0) is 30.6. The van der Waals surface area contributed by atoms with Gasteiger partial charge < -0.3 is 14.6 Å². The Morgan fingerprint density at radius 1 is 0.930 bits per heavy atom. The number of carbonyl (C=O) groups excluding carboxylic acids is 1. The number of aromatic nitrogens is 2. The first-order valence-corrected chi connectivity index (χ1v) is 14.6. The predicted octanol–water partition coefficient (Wildman–Crippen LogP) is 5.66.